The number of urea groups is 1. The first-order valence-corrected chi connectivity index (χ1v) is 7.58. The topological polar surface area (TPSA) is 69.6 Å². The molecule has 1 rings (SSSR count). The molecule has 0 radical (unpaired) electrons. The minimum atomic E-state index is -0.908. The Bertz CT molecular complexity index is 478. The zero-order valence-corrected chi connectivity index (χ0v) is 13.3. The highest BCUT2D eigenvalue weighted by Crippen LogP contribution is 2.26. The molecule has 0 fully saturated rings. The number of thiophene rings is 1. The van der Waals surface area contributed by atoms with E-state index in [0.29, 0.717) is 10.9 Å². The summed E-state index contributed by atoms with van der Waals surface area (Å²) >= 11 is 7.28. The van der Waals surface area contributed by atoms with Gasteiger partial charge in [-0.3, -0.25) is 4.79 Å². The molecule has 1 heterocycles. The van der Waals surface area contributed by atoms with Gasteiger partial charge in [-0.05, 0) is 26.0 Å². The van der Waals surface area contributed by atoms with Crippen LogP contribution in [0.5, 0.6) is 0 Å². The number of hydrogen-bond acceptors (Lipinski definition) is 3. The van der Waals surface area contributed by atoms with Crippen LogP contribution in [0.2, 0.25) is 4.34 Å². The summed E-state index contributed by atoms with van der Waals surface area (Å²) in [7, 11) is 0. The van der Waals surface area contributed by atoms with Gasteiger partial charge in [0.25, 0.3) is 0 Å². The molecule has 5 nitrogen and oxygen atoms in total. The maximum atomic E-state index is 12.1. The van der Waals surface area contributed by atoms with Crippen molar-refractivity contribution in [2.75, 3.05) is 13.1 Å². The minimum absolute atomic E-state index is 0.158. The fourth-order valence-corrected chi connectivity index (χ4v) is 2.74. The Morgan fingerprint density at radius 3 is 2.55 bits per heavy atom. The van der Waals surface area contributed by atoms with Gasteiger partial charge in [0.1, 0.15) is 0 Å². The Kier molecular flexibility index (Phi) is 6.29. The number of carboxylic acid groups (broad SMARTS) is 1. The van der Waals surface area contributed by atoms with Crippen molar-refractivity contribution in [3.8, 4) is 0 Å². The molecule has 0 bridgehead atoms. The minimum Gasteiger partial charge on any atom is -0.481 e. The van der Waals surface area contributed by atoms with Crippen LogP contribution in [0.1, 0.15) is 31.7 Å². The lowest BCUT2D eigenvalue weighted by Crippen LogP contribution is -2.43. The molecule has 0 aliphatic rings. The highest BCUT2D eigenvalue weighted by Gasteiger charge is 2.21. The maximum absolute atomic E-state index is 12.1. The van der Waals surface area contributed by atoms with Gasteiger partial charge in [-0.15, -0.1) is 11.3 Å². The smallest absolute Gasteiger partial charge is 0.317 e. The first kappa shape index (κ1) is 16.8. The third-order valence-corrected chi connectivity index (χ3v) is 4.36. The quantitative estimate of drug-likeness (QED) is 0.846. The number of hydrogen-bond donors (Lipinski definition) is 2. The van der Waals surface area contributed by atoms with E-state index in [1.807, 2.05) is 19.9 Å². The first-order valence-electron chi connectivity index (χ1n) is 6.38. The second-order valence-corrected chi connectivity index (χ2v) is 6.34. The number of nitrogens with one attached hydrogen (secondary N) is 1. The van der Waals surface area contributed by atoms with Crippen molar-refractivity contribution in [1.29, 1.82) is 0 Å². The normalized spacial score (nSPS) is 13.6. The number of nitrogens with zero attached hydrogens (tertiary/aromatic N) is 1. The lowest BCUT2D eigenvalue weighted by atomic mass is 10.2. The van der Waals surface area contributed by atoms with Gasteiger partial charge in [0, 0.05) is 18.0 Å². The van der Waals surface area contributed by atoms with Gasteiger partial charge in [-0.2, -0.15) is 0 Å². The summed E-state index contributed by atoms with van der Waals surface area (Å²) < 4.78 is 0.674. The molecule has 0 aliphatic carbocycles. The highest BCUT2D eigenvalue weighted by atomic mass is 35.5. The largest absolute Gasteiger partial charge is 0.481 e. The summed E-state index contributed by atoms with van der Waals surface area (Å²) in [5, 5.41) is 11.8. The standard InChI is InChI=1S/C13H19ClN2O3S/c1-4-16(7-8(2)12(17)18)13(19)15-9(3)10-5-6-11(14)20-10/h5-6,8-9H,4,7H2,1-3H3,(H,15,19)(H,17,18). The van der Waals surface area contributed by atoms with Crippen molar-refractivity contribution in [1.82, 2.24) is 10.2 Å². The molecule has 0 saturated carbocycles. The van der Waals surface area contributed by atoms with E-state index in [-0.39, 0.29) is 18.6 Å². The van der Waals surface area contributed by atoms with Crippen molar-refractivity contribution >= 4 is 34.9 Å². The predicted molar refractivity (Wildman–Crippen MR) is 80.3 cm³/mol. The molecule has 1 aromatic heterocycles. The van der Waals surface area contributed by atoms with Crippen LogP contribution in [0.25, 0.3) is 0 Å². The number of carbonyl (C=O) groups excluding carboxylic acids is 1. The van der Waals surface area contributed by atoms with Gasteiger partial charge < -0.3 is 15.3 Å². The molecule has 1 aromatic rings. The SMILES string of the molecule is CCN(CC(C)C(=O)O)C(=O)NC(C)c1ccc(Cl)s1. The number of carbonyl (C=O) groups is 2. The Balaban J connectivity index is 2.61. The van der Waals surface area contributed by atoms with Crippen LogP contribution < -0.4 is 5.32 Å². The van der Waals surface area contributed by atoms with Crippen LogP contribution in [-0.4, -0.2) is 35.1 Å². The summed E-state index contributed by atoms with van der Waals surface area (Å²) in [6.07, 6.45) is 0. The summed E-state index contributed by atoms with van der Waals surface area (Å²) in [6, 6.07) is 3.23. The van der Waals surface area contributed by atoms with Crippen LogP contribution in [0.3, 0.4) is 0 Å². The molecule has 112 valence electrons. The molecule has 20 heavy (non-hydrogen) atoms. The third-order valence-electron chi connectivity index (χ3n) is 2.95. The number of rotatable bonds is 6. The zero-order valence-electron chi connectivity index (χ0n) is 11.7. The van der Waals surface area contributed by atoms with Crippen LogP contribution in [0.4, 0.5) is 4.79 Å². The molecule has 0 aliphatic heterocycles. The van der Waals surface area contributed by atoms with E-state index in [2.05, 4.69) is 5.32 Å². The van der Waals surface area contributed by atoms with Crippen LogP contribution in [0, 0.1) is 5.92 Å². The van der Waals surface area contributed by atoms with Gasteiger partial charge >= 0.3 is 12.0 Å². The molecular weight excluding hydrogens is 300 g/mol. The van der Waals surface area contributed by atoms with Crippen molar-refractivity contribution in [3.63, 3.8) is 0 Å². The molecule has 0 aromatic carbocycles. The van der Waals surface area contributed by atoms with E-state index < -0.39 is 11.9 Å². The summed E-state index contributed by atoms with van der Waals surface area (Å²) in [5.41, 5.74) is 0. The number of amides is 2. The maximum Gasteiger partial charge on any atom is 0.317 e. The second kappa shape index (κ2) is 7.50. The summed E-state index contributed by atoms with van der Waals surface area (Å²) in [4.78, 5) is 25.4. The Labute approximate surface area is 127 Å². The van der Waals surface area contributed by atoms with E-state index >= 15 is 0 Å². The van der Waals surface area contributed by atoms with Gasteiger partial charge in [0.2, 0.25) is 0 Å². The summed E-state index contributed by atoms with van der Waals surface area (Å²) in [5.74, 6) is -1.50. The Morgan fingerprint density at radius 2 is 2.10 bits per heavy atom. The molecule has 2 N–H and O–H groups in total. The average molecular weight is 319 g/mol. The van der Waals surface area contributed by atoms with Crippen LogP contribution in [-0.2, 0) is 4.79 Å². The fraction of sp³-hybridized carbons (Fsp3) is 0.538. The summed E-state index contributed by atoms with van der Waals surface area (Å²) in [6.45, 7) is 5.92. The van der Waals surface area contributed by atoms with Gasteiger partial charge in [0.05, 0.1) is 16.3 Å². The lowest BCUT2D eigenvalue weighted by molar-refractivity contribution is -0.141. The number of carboxylic acids is 1. The van der Waals surface area contributed by atoms with Gasteiger partial charge in [-0.25, -0.2) is 4.79 Å². The van der Waals surface area contributed by atoms with Crippen molar-refractivity contribution < 1.29 is 14.7 Å². The van der Waals surface area contributed by atoms with Crippen molar-refractivity contribution in [2.45, 2.75) is 26.8 Å². The molecule has 0 saturated heterocycles. The molecule has 2 unspecified atom stereocenters. The average Bonchev–Trinajstić information content (AvgIpc) is 2.81. The molecule has 2 atom stereocenters. The zero-order chi connectivity index (χ0) is 15.3. The van der Waals surface area contributed by atoms with Crippen LogP contribution in [0.15, 0.2) is 12.1 Å². The fourth-order valence-electron chi connectivity index (χ4n) is 1.67. The van der Waals surface area contributed by atoms with E-state index in [0.717, 1.165) is 4.88 Å². The third kappa shape index (κ3) is 4.68. The van der Waals surface area contributed by atoms with E-state index in [1.54, 1.807) is 13.0 Å². The molecular formula is C13H19ClN2O3S. The van der Waals surface area contributed by atoms with Crippen molar-refractivity contribution in [2.24, 2.45) is 5.92 Å². The van der Waals surface area contributed by atoms with Gasteiger partial charge in [-0.1, -0.05) is 18.5 Å². The first-order chi connectivity index (χ1) is 9.35. The predicted octanol–water partition coefficient (Wildman–Crippen LogP) is 3.21. The van der Waals surface area contributed by atoms with E-state index in [1.165, 1.54) is 16.2 Å². The highest BCUT2D eigenvalue weighted by molar-refractivity contribution is 7.16. The second-order valence-electron chi connectivity index (χ2n) is 4.59. The van der Waals surface area contributed by atoms with E-state index in [4.69, 9.17) is 16.7 Å². The van der Waals surface area contributed by atoms with Gasteiger partial charge in [0.15, 0.2) is 0 Å². The van der Waals surface area contributed by atoms with Crippen molar-refractivity contribution in [3.05, 3.63) is 21.3 Å². The Hall–Kier alpha value is -1.27. The van der Waals surface area contributed by atoms with Crippen LogP contribution >= 0.6 is 22.9 Å². The molecule has 0 spiro atoms. The molecule has 7 heteroatoms. The lowest BCUT2D eigenvalue weighted by Gasteiger charge is -2.25. The Morgan fingerprint density at radius 1 is 1.45 bits per heavy atom. The number of aliphatic carboxylic acids is 1. The molecule has 2 amide bonds. The monoisotopic (exact) mass is 318 g/mol. The number of halogens is 1. The van der Waals surface area contributed by atoms with E-state index in [9.17, 15) is 9.59 Å².